The first-order valence-corrected chi connectivity index (χ1v) is 7.80. The summed E-state index contributed by atoms with van der Waals surface area (Å²) >= 11 is 3.53. The lowest BCUT2D eigenvalue weighted by molar-refractivity contribution is 0.116. The van der Waals surface area contributed by atoms with E-state index in [1.54, 1.807) is 6.26 Å². The lowest BCUT2D eigenvalue weighted by Gasteiger charge is -2.34. The second kappa shape index (κ2) is 6.57. The van der Waals surface area contributed by atoms with E-state index in [0.29, 0.717) is 0 Å². The molecule has 0 N–H and O–H groups in total. The zero-order valence-corrected chi connectivity index (χ0v) is 13.1. The normalized spacial score (nSPS) is 17.4. The summed E-state index contributed by atoms with van der Waals surface area (Å²) in [6, 6.07) is 12.6. The zero-order valence-electron chi connectivity index (χ0n) is 11.5. The topological polar surface area (TPSA) is 19.6 Å². The summed E-state index contributed by atoms with van der Waals surface area (Å²) in [6.07, 6.45) is 1.75. The van der Waals surface area contributed by atoms with Gasteiger partial charge in [0.15, 0.2) is 0 Å². The van der Waals surface area contributed by atoms with Crippen molar-refractivity contribution in [3.05, 3.63) is 58.5 Å². The van der Waals surface area contributed by atoms with Crippen molar-refractivity contribution in [2.45, 2.75) is 13.1 Å². The number of piperazine rings is 1. The van der Waals surface area contributed by atoms with Crippen LogP contribution in [0, 0.1) is 0 Å². The highest BCUT2D eigenvalue weighted by atomic mass is 79.9. The van der Waals surface area contributed by atoms with Crippen LogP contribution < -0.4 is 0 Å². The highest BCUT2D eigenvalue weighted by Gasteiger charge is 2.17. The van der Waals surface area contributed by atoms with E-state index in [1.165, 1.54) is 5.56 Å². The molecule has 0 spiro atoms. The first-order chi connectivity index (χ1) is 9.79. The summed E-state index contributed by atoms with van der Waals surface area (Å²) in [7, 11) is 0. The van der Waals surface area contributed by atoms with Crippen LogP contribution in [0.5, 0.6) is 0 Å². The average Bonchev–Trinajstić information content (AvgIpc) is 2.94. The van der Waals surface area contributed by atoms with Gasteiger partial charge in [-0.25, -0.2) is 0 Å². The van der Waals surface area contributed by atoms with Crippen molar-refractivity contribution in [1.82, 2.24) is 9.80 Å². The molecule has 1 fully saturated rings. The van der Waals surface area contributed by atoms with Gasteiger partial charge in [0.25, 0.3) is 0 Å². The third kappa shape index (κ3) is 3.72. The number of rotatable bonds is 4. The highest BCUT2D eigenvalue weighted by Crippen LogP contribution is 2.15. The number of nitrogens with zero attached hydrogens (tertiary/aromatic N) is 2. The Bertz CT molecular complexity index is 533. The van der Waals surface area contributed by atoms with Gasteiger partial charge in [0.2, 0.25) is 0 Å². The smallest absolute Gasteiger partial charge is 0.117 e. The molecule has 0 radical (unpaired) electrons. The molecule has 20 heavy (non-hydrogen) atoms. The molecule has 0 atom stereocenters. The van der Waals surface area contributed by atoms with Gasteiger partial charge in [0, 0.05) is 37.2 Å². The van der Waals surface area contributed by atoms with Gasteiger partial charge in [0.1, 0.15) is 5.76 Å². The summed E-state index contributed by atoms with van der Waals surface area (Å²) in [5, 5.41) is 0. The molecular formula is C16H19BrN2O. The predicted octanol–water partition coefficient (Wildman–Crippen LogP) is 3.36. The van der Waals surface area contributed by atoms with Gasteiger partial charge in [-0.2, -0.15) is 0 Å². The molecular weight excluding hydrogens is 316 g/mol. The fraction of sp³-hybridized carbons (Fsp3) is 0.375. The summed E-state index contributed by atoms with van der Waals surface area (Å²) < 4.78 is 6.57. The van der Waals surface area contributed by atoms with Crippen molar-refractivity contribution in [3.8, 4) is 0 Å². The van der Waals surface area contributed by atoms with Crippen molar-refractivity contribution < 1.29 is 4.42 Å². The Morgan fingerprint density at radius 1 is 0.950 bits per heavy atom. The van der Waals surface area contributed by atoms with E-state index in [9.17, 15) is 0 Å². The number of hydrogen-bond donors (Lipinski definition) is 0. The van der Waals surface area contributed by atoms with Crippen molar-refractivity contribution in [2.75, 3.05) is 26.2 Å². The molecule has 0 bridgehead atoms. The molecule has 0 amide bonds. The molecule has 1 aromatic heterocycles. The molecule has 2 heterocycles. The fourth-order valence-electron chi connectivity index (χ4n) is 2.62. The van der Waals surface area contributed by atoms with Crippen LogP contribution in [0.15, 0.2) is 51.6 Å². The Kier molecular flexibility index (Phi) is 4.55. The van der Waals surface area contributed by atoms with E-state index >= 15 is 0 Å². The van der Waals surface area contributed by atoms with Gasteiger partial charge >= 0.3 is 0 Å². The zero-order chi connectivity index (χ0) is 13.8. The highest BCUT2D eigenvalue weighted by molar-refractivity contribution is 9.10. The van der Waals surface area contributed by atoms with Crippen LogP contribution in [0.3, 0.4) is 0 Å². The SMILES string of the molecule is Brc1cccc(CN2CCN(Cc3ccco3)CC2)c1. The lowest BCUT2D eigenvalue weighted by atomic mass is 10.2. The quantitative estimate of drug-likeness (QED) is 0.854. The minimum Gasteiger partial charge on any atom is -0.468 e. The van der Waals surface area contributed by atoms with Crippen LogP contribution in [0.4, 0.5) is 0 Å². The molecule has 106 valence electrons. The second-order valence-corrected chi connectivity index (χ2v) is 6.18. The molecule has 1 aliphatic heterocycles. The summed E-state index contributed by atoms with van der Waals surface area (Å²) in [5.41, 5.74) is 1.37. The molecule has 0 saturated carbocycles. The second-order valence-electron chi connectivity index (χ2n) is 5.26. The van der Waals surface area contributed by atoms with Gasteiger partial charge in [0.05, 0.1) is 12.8 Å². The third-order valence-corrected chi connectivity index (χ3v) is 4.21. The van der Waals surface area contributed by atoms with Crippen LogP contribution in [-0.4, -0.2) is 36.0 Å². The maximum absolute atomic E-state index is 5.41. The van der Waals surface area contributed by atoms with Gasteiger partial charge in [-0.15, -0.1) is 0 Å². The number of benzene rings is 1. The van der Waals surface area contributed by atoms with Crippen LogP contribution >= 0.6 is 15.9 Å². The Morgan fingerprint density at radius 2 is 1.70 bits per heavy atom. The van der Waals surface area contributed by atoms with Crippen molar-refractivity contribution >= 4 is 15.9 Å². The van der Waals surface area contributed by atoms with Crippen LogP contribution in [0.2, 0.25) is 0 Å². The maximum Gasteiger partial charge on any atom is 0.117 e. The fourth-order valence-corrected chi connectivity index (χ4v) is 3.07. The molecule has 3 rings (SSSR count). The Labute approximate surface area is 128 Å². The molecule has 0 aliphatic carbocycles. The molecule has 1 saturated heterocycles. The van der Waals surface area contributed by atoms with Crippen molar-refractivity contribution in [1.29, 1.82) is 0 Å². The Hall–Kier alpha value is -1.10. The Morgan fingerprint density at radius 3 is 2.35 bits per heavy atom. The standard InChI is InChI=1S/C16H19BrN2O/c17-15-4-1-3-14(11-15)12-18-6-8-19(9-7-18)13-16-5-2-10-20-16/h1-5,10-11H,6-9,12-13H2. The van der Waals surface area contributed by atoms with Crippen LogP contribution in [0.1, 0.15) is 11.3 Å². The first kappa shape index (κ1) is 13.9. The minimum absolute atomic E-state index is 0.928. The molecule has 1 aromatic carbocycles. The van der Waals surface area contributed by atoms with E-state index in [1.807, 2.05) is 12.1 Å². The molecule has 1 aliphatic rings. The summed E-state index contributed by atoms with van der Waals surface area (Å²) in [6.45, 7) is 6.41. The van der Waals surface area contributed by atoms with Gasteiger partial charge < -0.3 is 4.42 Å². The van der Waals surface area contributed by atoms with Crippen LogP contribution in [0.25, 0.3) is 0 Å². The first-order valence-electron chi connectivity index (χ1n) is 7.01. The number of hydrogen-bond acceptors (Lipinski definition) is 3. The molecule has 0 unspecified atom stereocenters. The van der Waals surface area contributed by atoms with Gasteiger partial charge in [-0.3, -0.25) is 9.80 Å². The predicted molar refractivity (Wildman–Crippen MR) is 83.4 cm³/mol. The summed E-state index contributed by atoms with van der Waals surface area (Å²) in [5.74, 6) is 1.06. The monoisotopic (exact) mass is 334 g/mol. The number of furan rings is 1. The van der Waals surface area contributed by atoms with Crippen molar-refractivity contribution in [3.63, 3.8) is 0 Å². The largest absolute Gasteiger partial charge is 0.468 e. The average molecular weight is 335 g/mol. The van der Waals surface area contributed by atoms with Gasteiger partial charge in [-0.1, -0.05) is 28.1 Å². The third-order valence-electron chi connectivity index (χ3n) is 3.72. The molecule has 3 nitrogen and oxygen atoms in total. The lowest BCUT2D eigenvalue weighted by Crippen LogP contribution is -2.45. The van der Waals surface area contributed by atoms with E-state index in [0.717, 1.165) is 49.5 Å². The van der Waals surface area contributed by atoms with E-state index in [4.69, 9.17) is 4.42 Å². The van der Waals surface area contributed by atoms with E-state index in [-0.39, 0.29) is 0 Å². The summed E-state index contributed by atoms with van der Waals surface area (Å²) in [4.78, 5) is 4.97. The maximum atomic E-state index is 5.41. The molecule has 2 aromatic rings. The van der Waals surface area contributed by atoms with Gasteiger partial charge in [-0.05, 0) is 29.8 Å². The van der Waals surface area contributed by atoms with E-state index in [2.05, 4.69) is 50.0 Å². The molecule has 4 heteroatoms. The Balaban J connectivity index is 1.48. The number of halogens is 1. The van der Waals surface area contributed by atoms with Crippen LogP contribution in [-0.2, 0) is 13.1 Å². The minimum atomic E-state index is 0.928. The van der Waals surface area contributed by atoms with E-state index < -0.39 is 0 Å². The van der Waals surface area contributed by atoms with Crippen molar-refractivity contribution in [2.24, 2.45) is 0 Å².